The van der Waals surface area contributed by atoms with Crippen molar-refractivity contribution in [3.8, 4) is 0 Å². The van der Waals surface area contributed by atoms with Gasteiger partial charge in [0.15, 0.2) is 0 Å². The van der Waals surface area contributed by atoms with Crippen molar-refractivity contribution in [3.63, 3.8) is 0 Å². The van der Waals surface area contributed by atoms with Crippen LogP contribution in [-0.2, 0) is 0 Å². The first kappa shape index (κ1) is 13.7. The number of hydrogen-bond donors (Lipinski definition) is 1. The van der Waals surface area contributed by atoms with Crippen molar-refractivity contribution in [1.29, 1.82) is 0 Å². The summed E-state index contributed by atoms with van der Waals surface area (Å²) < 4.78 is 1.15. The van der Waals surface area contributed by atoms with E-state index >= 15 is 0 Å². The third kappa shape index (κ3) is 2.90. The van der Waals surface area contributed by atoms with Gasteiger partial charge < -0.3 is 5.32 Å². The summed E-state index contributed by atoms with van der Waals surface area (Å²) >= 11 is 3.51. The van der Waals surface area contributed by atoms with Crippen LogP contribution in [0.15, 0.2) is 46.9 Å². The second-order valence-electron chi connectivity index (χ2n) is 5.88. The third-order valence-electron chi connectivity index (χ3n) is 4.20. The Morgan fingerprint density at radius 1 is 1.05 bits per heavy atom. The van der Waals surface area contributed by atoms with Crippen LogP contribution >= 0.6 is 15.9 Å². The Morgan fingerprint density at radius 3 is 2.55 bits per heavy atom. The first-order chi connectivity index (χ1) is 9.61. The fourth-order valence-corrected chi connectivity index (χ4v) is 3.42. The minimum atomic E-state index is 0.611. The summed E-state index contributed by atoms with van der Waals surface area (Å²) in [6, 6.07) is 16.0. The first-order valence-electron chi connectivity index (χ1n) is 7.21. The Morgan fingerprint density at radius 2 is 1.85 bits per heavy atom. The van der Waals surface area contributed by atoms with Gasteiger partial charge in [-0.25, -0.2) is 0 Å². The molecule has 0 saturated heterocycles. The van der Waals surface area contributed by atoms with Crippen molar-refractivity contribution in [3.05, 3.63) is 63.6 Å². The fourth-order valence-electron chi connectivity index (χ4n) is 2.94. The highest BCUT2D eigenvalue weighted by atomic mass is 79.9. The van der Waals surface area contributed by atoms with Crippen molar-refractivity contribution in [2.24, 2.45) is 0 Å². The zero-order valence-corrected chi connectivity index (χ0v) is 13.6. The van der Waals surface area contributed by atoms with Gasteiger partial charge in [-0.15, -0.1) is 0 Å². The van der Waals surface area contributed by atoms with Crippen LogP contribution in [0.2, 0.25) is 0 Å². The van der Waals surface area contributed by atoms with Gasteiger partial charge in [0.25, 0.3) is 0 Å². The first-order valence-corrected chi connectivity index (χ1v) is 8.00. The molecule has 1 aliphatic rings. The number of nitrogens with one attached hydrogen (secondary N) is 1. The minimum absolute atomic E-state index is 0.611. The van der Waals surface area contributed by atoms with E-state index in [1.54, 1.807) is 0 Å². The smallest absolute Gasteiger partial charge is 0.0372 e. The molecular formula is C18H20BrN. The molecular weight excluding hydrogens is 310 g/mol. The molecule has 0 aromatic heterocycles. The predicted octanol–water partition coefficient (Wildman–Crippen LogP) is 5.42. The minimum Gasteiger partial charge on any atom is -0.382 e. The number of anilines is 1. The molecule has 0 spiro atoms. The Kier molecular flexibility index (Phi) is 3.84. The fraction of sp³-hybridized carbons (Fsp3) is 0.333. The summed E-state index contributed by atoms with van der Waals surface area (Å²) in [6.45, 7) is 4.33. The zero-order chi connectivity index (χ0) is 14.1. The number of benzene rings is 2. The molecule has 2 aromatic rings. The molecule has 0 atom stereocenters. The van der Waals surface area contributed by atoms with E-state index in [2.05, 4.69) is 77.6 Å². The lowest BCUT2D eigenvalue weighted by molar-refractivity contribution is 0.374. The normalized spacial score (nSPS) is 21.4. The number of aryl methyl sites for hydroxylation is 2. The molecule has 1 saturated carbocycles. The number of hydrogen-bond acceptors (Lipinski definition) is 1. The molecule has 0 unspecified atom stereocenters. The standard InChI is InChI=1S/C18H20BrN/c1-12-4-3-5-14(8-12)15-10-17(11-15)20-18-7-6-16(19)9-13(18)2/h3-9,15,17,20H,10-11H2,1-2H3. The number of rotatable bonds is 3. The molecule has 2 heteroatoms. The van der Waals surface area contributed by atoms with Crippen LogP contribution in [-0.4, -0.2) is 6.04 Å². The monoisotopic (exact) mass is 329 g/mol. The van der Waals surface area contributed by atoms with Gasteiger partial charge >= 0.3 is 0 Å². The Labute approximate surface area is 129 Å². The molecule has 3 rings (SSSR count). The summed E-state index contributed by atoms with van der Waals surface area (Å²) in [5.74, 6) is 0.725. The van der Waals surface area contributed by atoms with E-state index in [1.807, 2.05) is 0 Å². The van der Waals surface area contributed by atoms with Crippen molar-refractivity contribution in [2.45, 2.75) is 38.6 Å². The van der Waals surface area contributed by atoms with Crippen LogP contribution in [0, 0.1) is 13.8 Å². The summed E-state index contributed by atoms with van der Waals surface area (Å²) in [5.41, 5.74) is 5.43. The Balaban J connectivity index is 1.61. The maximum atomic E-state index is 3.67. The SMILES string of the molecule is Cc1cccc(C2CC(Nc3ccc(Br)cc3C)C2)c1. The lowest BCUT2D eigenvalue weighted by Crippen LogP contribution is -2.34. The highest BCUT2D eigenvalue weighted by Gasteiger charge is 2.30. The molecule has 0 amide bonds. The molecule has 1 aliphatic carbocycles. The molecule has 104 valence electrons. The molecule has 2 aromatic carbocycles. The van der Waals surface area contributed by atoms with Crippen molar-refractivity contribution in [2.75, 3.05) is 5.32 Å². The Bertz CT molecular complexity index is 615. The average molecular weight is 330 g/mol. The summed E-state index contributed by atoms with van der Waals surface area (Å²) in [5, 5.41) is 3.67. The largest absolute Gasteiger partial charge is 0.382 e. The van der Waals surface area contributed by atoms with Gasteiger partial charge in [0.1, 0.15) is 0 Å². The topological polar surface area (TPSA) is 12.0 Å². The number of halogens is 1. The second-order valence-corrected chi connectivity index (χ2v) is 6.80. The predicted molar refractivity (Wildman–Crippen MR) is 89.4 cm³/mol. The van der Waals surface area contributed by atoms with E-state index in [9.17, 15) is 0 Å². The van der Waals surface area contributed by atoms with E-state index < -0.39 is 0 Å². The van der Waals surface area contributed by atoms with Crippen molar-refractivity contribution in [1.82, 2.24) is 0 Å². The Hall–Kier alpha value is -1.28. The molecule has 0 aliphatic heterocycles. The van der Waals surface area contributed by atoms with Crippen LogP contribution in [0.1, 0.15) is 35.4 Å². The lowest BCUT2D eigenvalue weighted by atomic mass is 9.75. The highest BCUT2D eigenvalue weighted by molar-refractivity contribution is 9.10. The van der Waals surface area contributed by atoms with E-state index in [4.69, 9.17) is 0 Å². The zero-order valence-electron chi connectivity index (χ0n) is 12.0. The molecule has 1 N–H and O–H groups in total. The summed E-state index contributed by atoms with van der Waals surface area (Å²) in [4.78, 5) is 0. The van der Waals surface area contributed by atoms with Crippen LogP contribution in [0.5, 0.6) is 0 Å². The van der Waals surface area contributed by atoms with Gasteiger partial charge in [-0.1, -0.05) is 45.8 Å². The van der Waals surface area contributed by atoms with E-state index in [1.165, 1.54) is 35.2 Å². The van der Waals surface area contributed by atoms with Crippen LogP contribution in [0.4, 0.5) is 5.69 Å². The highest BCUT2D eigenvalue weighted by Crippen LogP contribution is 2.39. The third-order valence-corrected chi connectivity index (χ3v) is 4.69. The molecule has 20 heavy (non-hydrogen) atoms. The summed E-state index contributed by atoms with van der Waals surface area (Å²) in [7, 11) is 0. The van der Waals surface area contributed by atoms with Gasteiger partial charge in [-0.2, -0.15) is 0 Å². The van der Waals surface area contributed by atoms with Crippen LogP contribution in [0.25, 0.3) is 0 Å². The van der Waals surface area contributed by atoms with Gasteiger partial charge in [0, 0.05) is 16.2 Å². The quantitative estimate of drug-likeness (QED) is 0.792. The maximum Gasteiger partial charge on any atom is 0.0372 e. The van der Waals surface area contributed by atoms with E-state index in [0.717, 1.165) is 10.4 Å². The summed E-state index contributed by atoms with van der Waals surface area (Å²) in [6.07, 6.45) is 2.47. The van der Waals surface area contributed by atoms with Crippen molar-refractivity contribution < 1.29 is 0 Å². The van der Waals surface area contributed by atoms with Crippen molar-refractivity contribution >= 4 is 21.6 Å². The maximum absolute atomic E-state index is 3.67. The lowest BCUT2D eigenvalue weighted by Gasteiger charge is -2.37. The van der Waals surface area contributed by atoms with E-state index in [-0.39, 0.29) is 0 Å². The molecule has 0 bridgehead atoms. The van der Waals surface area contributed by atoms with Crippen LogP contribution in [0.3, 0.4) is 0 Å². The molecule has 1 fully saturated rings. The van der Waals surface area contributed by atoms with E-state index in [0.29, 0.717) is 6.04 Å². The second kappa shape index (κ2) is 5.61. The average Bonchev–Trinajstić information content (AvgIpc) is 2.35. The van der Waals surface area contributed by atoms with Gasteiger partial charge in [-0.3, -0.25) is 0 Å². The van der Waals surface area contributed by atoms with Crippen LogP contribution < -0.4 is 5.32 Å². The van der Waals surface area contributed by atoms with Gasteiger partial charge in [0.2, 0.25) is 0 Å². The molecule has 0 radical (unpaired) electrons. The van der Waals surface area contributed by atoms with Gasteiger partial charge in [-0.05, 0) is 61.9 Å². The molecule has 1 nitrogen and oxygen atoms in total. The van der Waals surface area contributed by atoms with Gasteiger partial charge in [0.05, 0.1) is 0 Å². The molecule has 0 heterocycles.